The van der Waals surface area contributed by atoms with Crippen LogP contribution in [0.15, 0.2) is 24.3 Å². The van der Waals surface area contributed by atoms with Gasteiger partial charge in [0, 0.05) is 23.7 Å². The van der Waals surface area contributed by atoms with E-state index in [1.54, 1.807) is 18.7 Å². The van der Waals surface area contributed by atoms with Gasteiger partial charge in [0.1, 0.15) is 11.9 Å². The van der Waals surface area contributed by atoms with Crippen molar-refractivity contribution in [2.24, 2.45) is 0 Å². The van der Waals surface area contributed by atoms with Crippen LogP contribution in [-0.4, -0.2) is 54.0 Å². The van der Waals surface area contributed by atoms with Crippen LogP contribution < -0.4 is 5.32 Å². The number of carbonyl (C=O) groups excluding carboxylic acids is 2. The second kappa shape index (κ2) is 8.14. The number of nitrogens with zero attached hydrogens (tertiary/aromatic N) is 1. The highest BCUT2D eigenvalue weighted by Crippen LogP contribution is 2.18. The highest BCUT2D eigenvalue weighted by atomic mass is 32.2. The molecule has 0 spiro atoms. The lowest BCUT2D eigenvalue weighted by atomic mass is 10.2. The molecule has 0 radical (unpaired) electrons. The number of anilines is 1. The molecule has 0 unspecified atom stereocenters. The highest BCUT2D eigenvalue weighted by Gasteiger charge is 2.31. The van der Waals surface area contributed by atoms with Crippen LogP contribution in [0.25, 0.3) is 0 Å². The molecular weight excluding hydrogens is 307 g/mol. The Labute approximate surface area is 133 Å². The van der Waals surface area contributed by atoms with Crippen LogP contribution in [0.2, 0.25) is 0 Å². The van der Waals surface area contributed by atoms with E-state index < -0.39 is 6.04 Å². The molecule has 120 valence electrons. The normalized spacial score (nSPS) is 18.7. The van der Waals surface area contributed by atoms with E-state index in [-0.39, 0.29) is 24.2 Å². The van der Waals surface area contributed by atoms with Crippen molar-refractivity contribution in [2.75, 3.05) is 36.5 Å². The van der Waals surface area contributed by atoms with Crippen LogP contribution in [-0.2, 0) is 14.3 Å². The number of benzene rings is 1. The molecule has 22 heavy (non-hydrogen) atoms. The van der Waals surface area contributed by atoms with Gasteiger partial charge in [-0.05, 0) is 31.2 Å². The van der Waals surface area contributed by atoms with Crippen molar-refractivity contribution in [1.29, 1.82) is 0 Å². The first-order valence-corrected chi connectivity index (χ1v) is 8.29. The minimum absolute atomic E-state index is 0.113. The van der Waals surface area contributed by atoms with Crippen LogP contribution in [0.4, 0.5) is 10.1 Å². The third-order valence-corrected chi connectivity index (χ3v) is 4.30. The molecule has 0 aliphatic carbocycles. The van der Waals surface area contributed by atoms with E-state index in [9.17, 15) is 14.0 Å². The molecule has 1 N–H and O–H groups in total. The number of amides is 1. The molecule has 2 rings (SSSR count). The van der Waals surface area contributed by atoms with Gasteiger partial charge >= 0.3 is 5.97 Å². The molecule has 0 aromatic heterocycles. The summed E-state index contributed by atoms with van der Waals surface area (Å²) in [6, 6.07) is 5.19. The third kappa shape index (κ3) is 4.71. The zero-order chi connectivity index (χ0) is 15.9. The Morgan fingerprint density at radius 3 is 2.82 bits per heavy atom. The van der Waals surface area contributed by atoms with Gasteiger partial charge in [0.25, 0.3) is 0 Å². The molecular formula is C15H19FN2O3S. The van der Waals surface area contributed by atoms with Crippen molar-refractivity contribution < 1.29 is 18.7 Å². The molecule has 1 aliphatic rings. The first-order chi connectivity index (χ1) is 10.6. The van der Waals surface area contributed by atoms with Crippen LogP contribution in [0.3, 0.4) is 0 Å². The van der Waals surface area contributed by atoms with E-state index in [1.165, 1.54) is 24.3 Å². The SMILES string of the molecule is CCOC(=O)[C@@H]1CSCCN1CC(=O)Nc1ccc(F)cc1. The Bertz CT molecular complexity index is 524. The fraction of sp³-hybridized carbons (Fsp3) is 0.467. The van der Waals surface area contributed by atoms with Gasteiger partial charge in [0.2, 0.25) is 5.91 Å². The molecule has 1 saturated heterocycles. The highest BCUT2D eigenvalue weighted by molar-refractivity contribution is 7.99. The minimum atomic E-state index is -0.391. The Morgan fingerprint density at radius 2 is 2.14 bits per heavy atom. The summed E-state index contributed by atoms with van der Waals surface area (Å²) < 4.78 is 17.9. The minimum Gasteiger partial charge on any atom is -0.465 e. The number of esters is 1. The second-order valence-electron chi connectivity index (χ2n) is 4.87. The van der Waals surface area contributed by atoms with Crippen LogP contribution in [0, 0.1) is 5.82 Å². The summed E-state index contributed by atoms with van der Waals surface area (Å²) in [6.45, 7) is 2.86. The summed E-state index contributed by atoms with van der Waals surface area (Å²) in [5.41, 5.74) is 0.533. The summed E-state index contributed by atoms with van der Waals surface area (Å²) in [4.78, 5) is 25.8. The molecule has 1 aliphatic heterocycles. The van der Waals surface area contributed by atoms with E-state index >= 15 is 0 Å². The fourth-order valence-electron chi connectivity index (χ4n) is 2.20. The molecule has 1 atom stereocenters. The molecule has 1 heterocycles. The molecule has 1 amide bonds. The molecule has 0 bridgehead atoms. The number of carbonyl (C=O) groups is 2. The number of thioether (sulfide) groups is 1. The van der Waals surface area contributed by atoms with Crippen molar-refractivity contribution in [1.82, 2.24) is 4.90 Å². The summed E-state index contributed by atoms with van der Waals surface area (Å²) >= 11 is 1.68. The van der Waals surface area contributed by atoms with E-state index in [4.69, 9.17) is 4.74 Å². The maximum atomic E-state index is 12.8. The first kappa shape index (κ1) is 16.8. The smallest absolute Gasteiger partial charge is 0.324 e. The molecule has 5 nitrogen and oxygen atoms in total. The van der Waals surface area contributed by atoms with Gasteiger partial charge in [-0.3, -0.25) is 14.5 Å². The summed E-state index contributed by atoms with van der Waals surface area (Å²) in [5, 5.41) is 2.70. The predicted octanol–water partition coefficient (Wildman–Crippen LogP) is 1.74. The zero-order valence-corrected chi connectivity index (χ0v) is 13.2. The number of halogens is 1. The Kier molecular flexibility index (Phi) is 6.21. The average Bonchev–Trinajstić information content (AvgIpc) is 2.50. The van der Waals surface area contributed by atoms with Gasteiger partial charge in [-0.1, -0.05) is 0 Å². The summed E-state index contributed by atoms with van der Waals surface area (Å²) in [6.07, 6.45) is 0. The lowest BCUT2D eigenvalue weighted by Gasteiger charge is -2.32. The Morgan fingerprint density at radius 1 is 1.41 bits per heavy atom. The van der Waals surface area contributed by atoms with Crippen molar-refractivity contribution in [3.05, 3.63) is 30.1 Å². The summed E-state index contributed by atoms with van der Waals surface area (Å²) in [5.74, 6) is 0.632. The number of hydrogen-bond acceptors (Lipinski definition) is 5. The lowest BCUT2D eigenvalue weighted by Crippen LogP contribution is -2.50. The van der Waals surface area contributed by atoms with E-state index in [0.29, 0.717) is 24.6 Å². The Balaban J connectivity index is 1.93. The third-order valence-electron chi connectivity index (χ3n) is 3.27. The van der Waals surface area contributed by atoms with Crippen molar-refractivity contribution in [2.45, 2.75) is 13.0 Å². The monoisotopic (exact) mass is 326 g/mol. The molecule has 1 fully saturated rings. The van der Waals surface area contributed by atoms with Crippen LogP contribution >= 0.6 is 11.8 Å². The number of rotatable bonds is 5. The van der Waals surface area contributed by atoms with Gasteiger partial charge in [0.05, 0.1) is 13.2 Å². The number of ether oxygens (including phenoxy) is 1. The predicted molar refractivity (Wildman–Crippen MR) is 84.3 cm³/mol. The first-order valence-electron chi connectivity index (χ1n) is 7.14. The zero-order valence-electron chi connectivity index (χ0n) is 12.4. The fourth-order valence-corrected chi connectivity index (χ4v) is 3.30. The van der Waals surface area contributed by atoms with E-state index in [1.807, 2.05) is 4.90 Å². The van der Waals surface area contributed by atoms with Gasteiger partial charge in [0.15, 0.2) is 0 Å². The second-order valence-corrected chi connectivity index (χ2v) is 6.02. The van der Waals surface area contributed by atoms with Crippen molar-refractivity contribution in [3.8, 4) is 0 Å². The maximum Gasteiger partial charge on any atom is 0.324 e. The van der Waals surface area contributed by atoms with Crippen LogP contribution in [0.5, 0.6) is 0 Å². The number of hydrogen-bond donors (Lipinski definition) is 1. The van der Waals surface area contributed by atoms with Gasteiger partial charge in [-0.25, -0.2) is 4.39 Å². The molecule has 1 aromatic rings. The molecule has 0 saturated carbocycles. The maximum absolute atomic E-state index is 12.8. The van der Waals surface area contributed by atoms with Gasteiger partial charge in [-0.15, -0.1) is 0 Å². The number of nitrogens with one attached hydrogen (secondary N) is 1. The van der Waals surface area contributed by atoms with E-state index in [0.717, 1.165) is 5.75 Å². The topological polar surface area (TPSA) is 58.6 Å². The van der Waals surface area contributed by atoms with Gasteiger partial charge < -0.3 is 10.1 Å². The standard InChI is InChI=1S/C15H19FN2O3S/c1-2-21-15(20)13-10-22-8-7-18(13)9-14(19)17-12-5-3-11(16)4-6-12/h3-6,13H,2,7-10H2,1H3,(H,17,19)/t13-/m0/s1. The van der Waals surface area contributed by atoms with Gasteiger partial charge in [-0.2, -0.15) is 11.8 Å². The Hall–Kier alpha value is -1.60. The van der Waals surface area contributed by atoms with Crippen molar-refractivity contribution >= 4 is 29.3 Å². The van der Waals surface area contributed by atoms with E-state index in [2.05, 4.69) is 5.32 Å². The average molecular weight is 326 g/mol. The summed E-state index contributed by atoms with van der Waals surface area (Å²) in [7, 11) is 0. The quantitative estimate of drug-likeness (QED) is 0.836. The molecule has 1 aromatic carbocycles. The van der Waals surface area contributed by atoms with Crippen molar-refractivity contribution in [3.63, 3.8) is 0 Å². The lowest BCUT2D eigenvalue weighted by molar-refractivity contribution is -0.148. The van der Waals surface area contributed by atoms with Crippen LogP contribution in [0.1, 0.15) is 6.92 Å². The largest absolute Gasteiger partial charge is 0.465 e. The molecule has 7 heteroatoms.